The Morgan fingerprint density at radius 3 is 2.82 bits per heavy atom. The number of ether oxygens (including phenoxy) is 1. The van der Waals surface area contributed by atoms with Gasteiger partial charge in [0, 0.05) is 11.3 Å². The molecule has 3 unspecified atom stereocenters. The lowest BCUT2D eigenvalue weighted by Gasteiger charge is -2.44. The van der Waals surface area contributed by atoms with E-state index in [0.29, 0.717) is 11.8 Å². The van der Waals surface area contributed by atoms with E-state index in [1.165, 1.54) is 29.5 Å². The third-order valence-electron chi connectivity index (χ3n) is 5.85. The SMILES string of the molecule is COc1cc(C)c2c(c1)C1(C)CCCC(C)CC(C2)/C1=N\O. The molecular weight excluding hydrogens is 274 g/mol. The van der Waals surface area contributed by atoms with Gasteiger partial charge >= 0.3 is 0 Å². The van der Waals surface area contributed by atoms with Crippen molar-refractivity contribution in [3.05, 3.63) is 28.8 Å². The third kappa shape index (κ3) is 2.31. The van der Waals surface area contributed by atoms with Gasteiger partial charge in [0.2, 0.25) is 0 Å². The van der Waals surface area contributed by atoms with Gasteiger partial charge in [-0.05, 0) is 60.9 Å². The standard InChI is InChI=1S/C19H27NO2/c1-12-6-5-7-19(3)17-11-15(22-4)9-13(2)16(17)10-14(8-12)18(19)20-21/h9,11-12,14,21H,5-8,10H2,1-4H3/b20-18+. The van der Waals surface area contributed by atoms with Crippen LogP contribution in [0.1, 0.15) is 56.2 Å². The maximum Gasteiger partial charge on any atom is 0.119 e. The largest absolute Gasteiger partial charge is 0.497 e. The van der Waals surface area contributed by atoms with Gasteiger partial charge in [0.25, 0.3) is 0 Å². The van der Waals surface area contributed by atoms with Crippen molar-refractivity contribution in [1.29, 1.82) is 0 Å². The van der Waals surface area contributed by atoms with Crippen molar-refractivity contribution in [2.24, 2.45) is 17.0 Å². The third-order valence-corrected chi connectivity index (χ3v) is 5.85. The molecule has 3 heteroatoms. The van der Waals surface area contributed by atoms with Crippen molar-refractivity contribution in [3.63, 3.8) is 0 Å². The van der Waals surface area contributed by atoms with Gasteiger partial charge < -0.3 is 9.94 Å². The molecule has 0 amide bonds. The molecule has 120 valence electrons. The number of benzene rings is 1. The van der Waals surface area contributed by atoms with Gasteiger partial charge in [-0.3, -0.25) is 0 Å². The summed E-state index contributed by atoms with van der Waals surface area (Å²) in [5, 5.41) is 13.5. The zero-order valence-corrected chi connectivity index (χ0v) is 14.1. The molecule has 3 nitrogen and oxygen atoms in total. The van der Waals surface area contributed by atoms with Crippen molar-refractivity contribution in [3.8, 4) is 5.75 Å². The second-order valence-electron chi connectivity index (χ2n) is 7.42. The van der Waals surface area contributed by atoms with E-state index in [1.54, 1.807) is 7.11 Å². The van der Waals surface area contributed by atoms with Crippen LogP contribution in [0.25, 0.3) is 0 Å². The van der Waals surface area contributed by atoms with Gasteiger partial charge in [0.1, 0.15) is 5.75 Å². The van der Waals surface area contributed by atoms with Crippen LogP contribution in [0.3, 0.4) is 0 Å². The highest BCUT2D eigenvalue weighted by Crippen LogP contribution is 2.47. The Kier molecular flexibility index (Phi) is 3.92. The van der Waals surface area contributed by atoms with Crippen LogP contribution in [0.15, 0.2) is 17.3 Å². The van der Waals surface area contributed by atoms with E-state index >= 15 is 0 Å². The van der Waals surface area contributed by atoms with Gasteiger partial charge in [-0.2, -0.15) is 0 Å². The first-order valence-corrected chi connectivity index (χ1v) is 8.40. The van der Waals surface area contributed by atoms with E-state index in [0.717, 1.165) is 30.7 Å². The number of fused-ring (bicyclic) bond motifs is 4. The summed E-state index contributed by atoms with van der Waals surface area (Å²) in [5.74, 6) is 1.97. The van der Waals surface area contributed by atoms with Crippen LogP contribution in [0.5, 0.6) is 5.75 Å². The molecule has 0 aromatic heterocycles. The van der Waals surface area contributed by atoms with E-state index in [-0.39, 0.29) is 5.41 Å². The maximum absolute atomic E-state index is 9.74. The quantitative estimate of drug-likeness (QED) is 0.614. The van der Waals surface area contributed by atoms with Gasteiger partial charge in [-0.25, -0.2) is 0 Å². The number of methoxy groups -OCH3 is 1. The van der Waals surface area contributed by atoms with E-state index in [2.05, 4.69) is 38.1 Å². The number of hydrogen-bond donors (Lipinski definition) is 1. The van der Waals surface area contributed by atoms with Crippen LogP contribution in [-0.4, -0.2) is 18.0 Å². The van der Waals surface area contributed by atoms with Crippen LogP contribution in [0, 0.1) is 18.8 Å². The Labute approximate surface area is 133 Å². The molecule has 2 aliphatic rings. The van der Waals surface area contributed by atoms with E-state index in [9.17, 15) is 5.21 Å². The van der Waals surface area contributed by atoms with E-state index in [1.807, 2.05) is 0 Å². The molecule has 1 fully saturated rings. The average Bonchev–Trinajstić information content (AvgIpc) is 2.47. The first-order valence-electron chi connectivity index (χ1n) is 8.40. The molecule has 3 atom stereocenters. The highest BCUT2D eigenvalue weighted by Gasteiger charge is 2.45. The lowest BCUT2D eigenvalue weighted by atomic mass is 9.60. The summed E-state index contributed by atoms with van der Waals surface area (Å²) in [5.41, 5.74) is 4.87. The maximum atomic E-state index is 9.74. The van der Waals surface area contributed by atoms with Crippen molar-refractivity contribution in [1.82, 2.24) is 0 Å². The zero-order valence-electron chi connectivity index (χ0n) is 14.1. The second-order valence-corrected chi connectivity index (χ2v) is 7.42. The van der Waals surface area contributed by atoms with Crippen LogP contribution in [0.4, 0.5) is 0 Å². The van der Waals surface area contributed by atoms with Crippen molar-refractivity contribution in [2.45, 2.75) is 58.3 Å². The number of aryl methyl sites for hydroxylation is 1. The van der Waals surface area contributed by atoms with E-state index in [4.69, 9.17) is 4.74 Å². The van der Waals surface area contributed by atoms with Crippen LogP contribution < -0.4 is 4.74 Å². The fourth-order valence-corrected chi connectivity index (χ4v) is 4.65. The second kappa shape index (κ2) is 5.60. The molecular formula is C19H27NO2. The fraction of sp³-hybridized carbons (Fsp3) is 0.632. The number of nitrogens with zero attached hydrogens (tertiary/aromatic N) is 1. The van der Waals surface area contributed by atoms with Crippen molar-refractivity contribution >= 4 is 5.71 Å². The molecule has 3 rings (SSSR count). The van der Waals surface area contributed by atoms with E-state index < -0.39 is 0 Å². The molecule has 1 saturated carbocycles. The lowest BCUT2D eigenvalue weighted by Crippen LogP contribution is -2.45. The van der Waals surface area contributed by atoms with Gasteiger partial charge in [0.05, 0.1) is 12.8 Å². The molecule has 0 spiro atoms. The fourth-order valence-electron chi connectivity index (χ4n) is 4.65. The summed E-state index contributed by atoms with van der Waals surface area (Å²) in [7, 11) is 1.72. The number of hydrogen-bond acceptors (Lipinski definition) is 3. The minimum Gasteiger partial charge on any atom is -0.497 e. The van der Waals surface area contributed by atoms with Crippen molar-refractivity contribution in [2.75, 3.05) is 7.11 Å². The molecule has 0 radical (unpaired) electrons. The predicted molar refractivity (Wildman–Crippen MR) is 89.1 cm³/mol. The monoisotopic (exact) mass is 301 g/mol. The Hall–Kier alpha value is -1.51. The highest BCUT2D eigenvalue weighted by atomic mass is 16.5. The van der Waals surface area contributed by atoms with Gasteiger partial charge in [-0.15, -0.1) is 0 Å². The summed E-state index contributed by atoms with van der Waals surface area (Å²) >= 11 is 0. The lowest BCUT2D eigenvalue weighted by molar-refractivity contribution is 0.285. The molecule has 2 bridgehead atoms. The highest BCUT2D eigenvalue weighted by molar-refractivity contribution is 5.98. The Bertz CT molecular complexity index is 608. The molecule has 1 aromatic carbocycles. The van der Waals surface area contributed by atoms with Crippen molar-refractivity contribution < 1.29 is 9.94 Å². The van der Waals surface area contributed by atoms with Gasteiger partial charge in [-0.1, -0.05) is 31.8 Å². The molecule has 1 aromatic rings. The molecule has 22 heavy (non-hydrogen) atoms. The minimum absolute atomic E-state index is 0.160. The molecule has 0 aliphatic heterocycles. The smallest absolute Gasteiger partial charge is 0.119 e. The number of oxime groups is 1. The minimum atomic E-state index is -0.160. The first-order chi connectivity index (χ1) is 10.5. The summed E-state index contributed by atoms with van der Waals surface area (Å²) in [6, 6.07) is 4.29. The Morgan fingerprint density at radius 1 is 1.36 bits per heavy atom. The molecule has 1 N–H and O–H groups in total. The average molecular weight is 301 g/mol. The summed E-state index contributed by atoms with van der Waals surface area (Å²) in [6.07, 6.45) is 5.61. The summed E-state index contributed by atoms with van der Waals surface area (Å²) in [6.45, 7) is 6.76. The normalized spacial score (nSPS) is 33.0. The Morgan fingerprint density at radius 2 is 2.14 bits per heavy atom. The molecule has 0 saturated heterocycles. The summed E-state index contributed by atoms with van der Waals surface area (Å²) < 4.78 is 5.48. The molecule has 2 aliphatic carbocycles. The van der Waals surface area contributed by atoms with Crippen LogP contribution >= 0.6 is 0 Å². The topological polar surface area (TPSA) is 41.8 Å². The van der Waals surface area contributed by atoms with Crippen LogP contribution in [0.2, 0.25) is 0 Å². The number of rotatable bonds is 1. The predicted octanol–water partition coefficient (Wildman–Crippen LogP) is 4.47. The zero-order chi connectivity index (χ0) is 15.9. The summed E-state index contributed by atoms with van der Waals surface area (Å²) in [4.78, 5) is 0. The van der Waals surface area contributed by atoms with Gasteiger partial charge in [0.15, 0.2) is 0 Å². The first kappa shape index (κ1) is 15.4. The van der Waals surface area contributed by atoms with Crippen LogP contribution in [-0.2, 0) is 11.8 Å². The Balaban J connectivity index is 2.20. The molecule has 0 heterocycles.